The van der Waals surface area contributed by atoms with Gasteiger partial charge in [0.1, 0.15) is 0 Å². The largest absolute Gasteiger partial charge is 0.481 e. The van der Waals surface area contributed by atoms with Crippen LogP contribution in [0.15, 0.2) is 12.4 Å². The summed E-state index contributed by atoms with van der Waals surface area (Å²) in [5.41, 5.74) is 0. The van der Waals surface area contributed by atoms with E-state index in [1.807, 2.05) is 31.7 Å². The molecule has 0 saturated heterocycles. The molecule has 1 aromatic heterocycles. The molecule has 5 heteroatoms. The van der Waals surface area contributed by atoms with E-state index >= 15 is 0 Å². The van der Waals surface area contributed by atoms with Crippen molar-refractivity contribution in [2.75, 3.05) is 11.9 Å². The quantitative estimate of drug-likeness (QED) is 0.767. The van der Waals surface area contributed by atoms with Crippen LogP contribution in [0.3, 0.4) is 0 Å². The Morgan fingerprint density at radius 3 is 2.73 bits per heavy atom. The van der Waals surface area contributed by atoms with Gasteiger partial charge in [0.2, 0.25) is 5.95 Å². The molecule has 84 valence electrons. The fraction of sp³-hybridized carbons (Fsp3) is 0.600. The Hall–Kier alpha value is -1.52. The van der Waals surface area contributed by atoms with Crippen LogP contribution in [0.25, 0.3) is 0 Å². The summed E-state index contributed by atoms with van der Waals surface area (Å²) in [4.78, 5) is 15.0. The molecule has 1 aromatic rings. The molecule has 0 aliphatic rings. The summed E-state index contributed by atoms with van der Waals surface area (Å²) in [6.45, 7) is 4.20. The number of aryl methyl sites for hydroxylation is 1. The first kappa shape index (κ1) is 11.6. The van der Waals surface area contributed by atoms with E-state index in [0.717, 1.165) is 0 Å². The molecule has 0 radical (unpaired) electrons. The third-order valence-corrected chi connectivity index (χ3v) is 2.42. The van der Waals surface area contributed by atoms with Crippen LogP contribution in [0.5, 0.6) is 0 Å². The fourth-order valence-electron chi connectivity index (χ4n) is 1.35. The lowest BCUT2D eigenvalue weighted by Gasteiger charge is -2.16. The van der Waals surface area contributed by atoms with Crippen LogP contribution in [-0.4, -0.2) is 27.2 Å². The van der Waals surface area contributed by atoms with Gasteiger partial charge in [0.05, 0.1) is 5.92 Å². The number of aliphatic carboxylic acids is 1. The molecule has 1 atom stereocenters. The molecule has 0 fully saturated rings. The van der Waals surface area contributed by atoms with Crippen LogP contribution < -0.4 is 5.32 Å². The molecule has 0 aliphatic heterocycles. The van der Waals surface area contributed by atoms with Gasteiger partial charge in [-0.1, -0.05) is 13.8 Å². The fourth-order valence-corrected chi connectivity index (χ4v) is 1.35. The van der Waals surface area contributed by atoms with E-state index in [2.05, 4.69) is 10.3 Å². The van der Waals surface area contributed by atoms with E-state index in [-0.39, 0.29) is 11.8 Å². The Balaban J connectivity index is 2.55. The summed E-state index contributed by atoms with van der Waals surface area (Å²) < 4.78 is 1.82. The Labute approximate surface area is 89.1 Å². The second-order valence-electron chi connectivity index (χ2n) is 3.93. The van der Waals surface area contributed by atoms with Crippen molar-refractivity contribution in [3.05, 3.63) is 12.4 Å². The average Bonchev–Trinajstić information content (AvgIpc) is 2.51. The summed E-state index contributed by atoms with van der Waals surface area (Å²) in [6.07, 6.45) is 3.49. The Kier molecular flexibility index (Phi) is 3.71. The molecule has 0 saturated carbocycles. The Morgan fingerprint density at radius 2 is 2.33 bits per heavy atom. The summed E-state index contributed by atoms with van der Waals surface area (Å²) in [6, 6.07) is 0. The molecule has 1 unspecified atom stereocenters. The van der Waals surface area contributed by atoms with Gasteiger partial charge in [-0.2, -0.15) is 0 Å². The predicted molar refractivity (Wildman–Crippen MR) is 57.7 cm³/mol. The Morgan fingerprint density at radius 1 is 1.67 bits per heavy atom. The maximum atomic E-state index is 10.9. The maximum absolute atomic E-state index is 10.9. The van der Waals surface area contributed by atoms with Crippen LogP contribution in [0.4, 0.5) is 5.95 Å². The minimum absolute atomic E-state index is 0.107. The van der Waals surface area contributed by atoms with Gasteiger partial charge in [0.15, 0.2) is 0 Å². The lowest BCUT2D eigenvalue weighted by Crippen LogP contribution is -2.28. The number of nitrogens with one attached hydrogen (secondary N) is 1. The minimum atomic E-state index is -0.772. The molecule has 1 heterocycles. The normalized spacial score (nSPS) is 12.8. The Bertz CT molecular complexity index is 333. The summed E-state index contributed by atoms with van der Waals surface area (Å²) in [5, 5.41) is 12.0. The van der Waals surface area contributed by atoms with Gasteiger partial charge in [-0.25, -0.2) is 4.98 Å². The summed E-state index contributed by atoms with van der Waals surface area (Å²) >= 11 is 0. The summed E-state index contributed by atoms with van der Waals surface area (Å²) in [5.74, 6) is -0.356. The zero-order valence-electron chi connectivity index (χ0n) is 9.27. The molecule has 2 N–H and O–H groups in total. The number of hydrogen-bond acceptors (Lipinski definition) is 3. The second-order valence-corrected chi connectivity index (χ2v) is 3.93. The van der Waals surface area contributed by atoms with Gasteiger partial charge < -0.3 is 15.0 Å². The van der Waals surface area contributed by atoms with Crippen LogP contribution in [0.2, 0.25) is 0 Å². The SMILES string of the molecule is CC(C)C(CNc1nccn1C)C(=O)O. The number of nitrogens with zero attached hydrogens (tertiary/aromatic N) is 2. The number of carboxylic acid groups (broad SMARTS) is 1. The monoisotopic (exact) mass is 211 g/mol. The van der Waals surface area contributed by atoms with Crippen LogP contribution in [0.1, 0.15) is 13.8 Å². The highest BCUT2D eigenvalue weighted by molar-refractivity contribution is 5.71. The van der Waals surface area contributed by atoms with Crippen molar-refractivity contribution in [3.63, 3.8) is 0 Å². The molecule has 0 aliphatic carbocycles. The van der Waals surface area contributed by atoms with Crippen molar-refractivity contribution in [1.29, 1.82) is 0 Å². The van der Waals surface area contributed by atoms with Crippen molar-refractivity contribution >= 4 is 11.9 Å². The van der Waals surface area contributed by atoms with Gasteiger partial charge in [0.25, 0.3) is 0 Å². The third kappa shape index (κ3) is 2.97. The number of carbonyl (C=O) groups is 1. The number of carboxylic acids is 1. The van der Waals surface area contributed by atoms with Crippen LogP contribution in [-0.2, 0) is 11.8 Å². The first-order valence-corrected chi connectivity index (χ1v) is 4.96. The molecule has 15 heavy (non-hydrogen) atoms. The third-order valence-electron chi connectivity index (χ3n) is 2.42. The zero-order chi connectivity index (χ0) is 11.4. The lowest BCUT2D eigenvalue weighted by molar-refractivity contribution is -0.142. The first-order chi connectivity index (χ1) is 7.02. The predicted octanol–water partition coefficient (Wildman–Crippen LogP) is 1.19. The summed E-state index contributed by atoms with van der Waals surface area (Å²) in [7, 11) is 1.86. The van der Waals surface area contributed by atoms with E-state index < -0.39 is 5.97 Å². The molecule has 1 rings (SSSR count). The van der Waals surface area contributed by atoms with Crippen LogP contribution >= 0.6 is 0 Å². The number of anilines is 1. The van der Waals surface area contributed by atoms with Crippen molar-refractivity contribution < 1.29 is 9.90 Å². The molecule has 5 nitrogen and oxygen atoms in total. The van der Waals surface area contributed by atoms with Gasteiger partial charge in [-0.05, 0) is 5.92 Å². The standard InChI is InChI=1S/C10H17N3O2/c1-7(2)8(9(14)15)6-12-10-11-4-5-13(10)3/h4-5,7-8H,6H2,1-3H3,(H,11,12)(H,14,15). The number of imidazole rings is 1. The van der Waals surface area contributed by atoms with Crippen LogP contribution in [0, 0.1) is 11.8 Å². The molecule has 0 aromatic carbocycles. The van der Waals surface area contributed by atoms with Crippen molar-refractivity contribution in [2.24, 2.45) is 18.9 Å². The maximum Gasteiger partial charge on any atom is 0.308 e. The van der Waals surface area contributed by atoms with Gasteiger partial charge in [-0.3, -0.25) is 4.79 Å². The number of aromatic nitrogens is 2. The second kappa shape index (κ2) is 4.82. The van der Waals surface area contributed by atoms with Crippen molar-refractivity contribution in [1.82, 2.24) is 9.55 Å². The molecular weight excluding hydrogens is 194 g/mol. The molecule has 0 bridgehead atoms. The van der Waals surface area contributed by atoms with Crippen molar-refractivity contribution in [2.45, 2.75) is 13.8 Å². The zero-order valence-corrected chi connectivity index (χ0v) is 9.27. The van der Waals surface area contributed by atoms with Gasteiger partial charge >= 0.3 is 5.97 Å². The number of rotatable bonds is 5. The highest BCUT2D eigenvalue weighted by Gasteiger charge is 2.21. The topological polar surface area (TPSA) is 67.2 Å². The highest BCUT2D eigenvalue weighted by atomic mass is 16.4. The van der Waals surface area contributed by atoms with Gasteiger partial charge in [0, 0.05) is 26.0 Å². The average molecular weight is 211 g/mol. The lowest BCUT2D eigenvalue weighted by atomic mass is 9.96. The highest BCUT2D eigenvalue weighted by Crippen LogP contribution is 2.12. The molecule has 0 amide bonds. The van der Waals surface area contributed by atoms with E-state index in [0.29, 0.717) is 12.5 Å². The minimum Gasteiger partial charge on any atom is -0.481 e. The molecule has 0 spiro atoms. The number of hydrogen-bond donors (Lipinski definition) is 2. The smallest absolute Gasteiger partial charge is 0.308 e. The van der Waals surface area contributed by atoms with E-state index in [1.54, 1.807) is 6.20 Å². The van der Waals surface area contributed by atoms with Gasteiger partial charge in [-0.15, -0.1) is 0 Å². The van der Waals surface area contributed by atoms with E-state index in [4.69, 9.17) is 5.11 Å². The van der Waals surface area contributed by atoms with E-state index in [1.165, 1.54) is 0 Å². The van der Waals surface area contributed by atoms with E-state index in [9.17, 15) is 4.79 Å². The van der Waals surface area contributed by atoms with Crippen molar-refractivity contribution in [3.8, 4) is 0 Å². The molecular formula is C10H17N3O2. The first-order valence-electron chi connectivity index (χ1n) is 4.96.